The molecule has 1 aliphatic carbocycles. The van der Waals surface area contributed by atoms with Crippen molar-refractivity contribution in [2.75, 3.05) is 13.1 Å². The molecule has 19 heavy (non-hydrogen) atoms. The summed E-state index contributed by atoms with van der Waals surface area (Å²) in [4.78, 5) is 12.0. The zero-order valence-electron chi connectivity index (χ0n) is 12.2. The van der Waals surface area contributed by atoms with Gasteiger partial charge in [0.05, 0.1) is 0 Å². The second kappa shape index (κ2) is 8.11. The molecule has 0 spiro atoms. The van der Waals surface area contributed by atoms with Crippen LogP contribution in [0, 0.1) is 5.92 Å². The molecule has 1 saturated carbocycles. The highest BCUT2D eigenvalue weighted by Gasteiger charge is 2.28. The Balaban J connectivity index is 0.00000180. The van der Waals surface area contributed by atoms with E-state index in [-0.39, 0.29) is 23.9 Å². The van der Waals surface area contributed by atoms with E-state index in [1.54, 1.807) is 0 Å². The van der Waals surface area contributed by atoms with Gasteiger partial charge in [-0.25, -0.2) is 0 Å². The number of rotatable bonds is 4. The number of hydrogen-bond donors (Lipinski definition) is 2. The summed E-state index contributed by atoms with van der Waals surface area (Å²) in [6.07, 6.45) is 10.8. The van der Waals surface area contributed by atoms with Crippen LogP contribution in [-0.4, -0.2) is 24.5 Å². The minimum atomic E-state index is 0. The van der Waals surface area contributed by atoms with Crippen LogP contribution in [0.25, 0.3) is 0 Å². The van der Waals surface area contributed by atoms with Gasteiger partial charge in [0.2, 0.25) is 5.91 Å². The van der Waals surface area contributed by atoms with Gasteiger partial charge in [-0.3, -0.25) is 4.79 Å². The lowest BCUT2D eigenvalue weighted by Gasteiger charge is -2.35. The van der Waals surface area contributed by atoms with Crippen molar-refractivity contribution in [3.8, 4) is 0 Å². The first-order valence-corrected chi connectivity index (χ1v) is 7.70. The summed E-state index contributed by atoms with van der Waals surface area (Å²) in [5.41, 5.74) is 0.0366. The molecule has 0 bridgehead atoms. The van der Waals surface area contributed by atoms with Crippen molar-refractivity contribution in [1.82, 2.24) is 10.6 Å². The highest BCUT2D eigenvalue weighted by atomic mass is 35.5. The Hall–Kier alpha value is -0.280. The van der Waals surface area contributed by atoms with E-state index in [0.29, 0.717) is 0 Å². The number of carbonyl (C=O) groups is 1. The molecule has 1 amide bonds. The Bertz CT molecular complexity index is 271. The lowest BCUT2D eigenvalue weighted by molar-refractivity contribution is -0.123. The molecule has 4 heteroatoms. The molecule has 0 aromatic carbocycles. The van der Waals surface area contributed by atoms with Crippen LogP contribution >= 0.6 is 12.4 Å². The van der Waals surface area contributed by atoms with Gasteiger partial charge in [-0.15, -0.1) is 12.4 Å². The fourth-order valence-corrected chi connectivity index (χ4v) is 3.31. The maximum Gasteiger partial charge on any atom is 0.220 e. The molecule has 112 valence electrons. The number of amides is 1. The first-order valence-electron chi connectivity index (χ1n) is 7.70. The average molecular weight is 289 g/mol. The number of halogens is 1. The van der Waals surface area contributed by atoms with Gasteiger partial charge in [-0.2, -0.15) is 0 Å². The SMILES string of the molecule is CC1(NC(=O)CCC2CCCCC2)CCNCC1.Cl. The normalized spacial score (nSPS) is 23.4. The first-order chi connectivity index (χ1) is 8.68. The monoisotopic (exact) mass is 288 g/mol. The molecule has 0 radical (unpaired) electrons. The standard InChI is InChI=1S/C15H28N2O.ClH/c1-15(9-11-16-12-10-15)17-14(18)8-7-13-5-3-2-4-6-13;/h13,16H,2-12H2,1H3,(H,17,18);1H. The van der Waals surface area contributed by atoms with E-state index in [2.05, 4.69) is 17.6 Å². The summed E-state index contributed by atoms with van der Waals surface area (Å²) in [6, 6.07) is 0. The van der Waals surface area contributed by atoms with Crippen molar-refractivity contribution >= 4 is 18.3 Å². The molecule has 0 atom stereocenters. The summed E-state index contributed by atoms with van der Waals surface area (Å²) >= 11 is 0. The van der Waals surface area contributed by atoms with E-state index in [4.69, 9.17) is 0 Å². The van der Waals surface area contributed by atoms with E-state index < -0.39 is 0 Å². The zero-order valence-corrected chi connectivity index (χ0v) is 13.0. The van der Waals surface area contributed by atoms with Crippen LogP contribution in [0.5, 0.6) is 0 Å². The van der Waals surface area contributed by atoms with Crippen LogP contribution in [0.15, 0.2) is 0 Å². The minimum Gasteiger partial charge on any atom is -0.351 e. The van der Waals surface area contributed by atoms with E-state index in [1.165, 1.54) is 32.1 Å². The summed E-state index contributed by atoms with van der Waals surface area (Å²) in [7, 11) is 0. The van der Waals surface area contributed by atoms with E-state index in [0.717, 1.165) is 44.7 Å². The fraction of sp³-hybridized carbons (Fsp3) is 0.933. The van der Waals surface area contributed by atoms with Crippen molar-refractivity contribution in [3.63, 3.8) is 0 Å². The van der Waals surface area contributed by atoms with Gasteiger partial charge in [0.25, 0.3) is 0 Å². The lowest BCUT2D eigenvalue weighted by Crippen LogP contribution is -2.52. The van der Waals surface area contributed by atoms with Crippen LogP contribution in [0.2, 0.25) is 0 Å². The van der Waals surface area contributed by atoms with Crippen molar-refractivity contribution in [1.29, 1.82) is 0 Å². The third-order valence-corrected chi connectivity index (χ3v) is 4.65. The van der Waals surface area contributed by atoms with E-state index in [1.807, 2.05) is 0 Å². The quantitative estimate of drug-likeness (QED) is 0.835. The first kappa shape index (κ1) is 16.8. The average Bonchev–Trinajstić information content (AvgIpc) is 2.38. The van der Waals surface area contributed by atoms with Crippen molar-refractivity contribution < 1.29 is 4.79 Å². The van der Waals surface area contributed by atoms with E-state index in [9.17, 15) is 4.79 Å². The van der Waals surface area contributed by atoms with Crippen LogP contribution in [-0.2, 0) is 4.79 Å². The largest absolute Gasteiger partial charge is 0.351 e. The zero-order chi connectivity index (χ0) is 12.8. The predicted molar refractivity (Wildman–Crippen MR) is 81.7 cm³/mol. The van der Waals surface area contributed by atoms with Gasteiger partial charge >= 0.3 is 0 Å². The molecule has 3 nitrogen and oxygen atoms in total. The topological polar surface area (TPSA) is 41.1 Å². The van der Waals surface area contributed by atoms with Crippen LogP contribution < -0.4 is 10.6 Å². The Kier molecular flexibility index (Phi) is 7.16. The number of piperidine rings is 1. The van der Waals surface area contributed by atoms with E-state index >= 15 is 0 Å². The van der Waals surface area contributed by atoms with Gasteiger partial charge in [0.1, 0.15) is 0 Å². The number of hydrogen-bond acceptors (Lipinski definition) is 2. The number of carbonyl (C=O) groups excluding carboxylic acids is 1. The summed E-state index contributed by atoms with van der Waals surface area (Å²) in [5, 5.41) is 6.60. The van der Waals surface area contributed by atoms with Gasteiger partial charge in [-0.1, -0.05) is 32.1 Å². The molecular formula is C15H29ClN2O. The van der Waals surface area contributed by atoms with Crippen LogP contribution in [0.1, 0.15) is 64.7 Å². The van der Waals surface area contributed by atoms with Crippen molar-refractivity contribution in [3.05, 3.63) is 0 Å². The highest BCUT2D eigenvalue weighted by molar-refractivity contribution is 5.85. The smallest absolute Gasteiger partial charge is 0.220 e. The summed E-state index contributed by atoms with van der Waals surface area (Å²) in [6.45, 7) is 4.24. The molecule has 1 aliphatic heterocycles. The van der Waals surface area contributed by atoms with Crippen LogP contribution in [0.3, 0.4) is 0 Å². The highest BCUT2D eigenvalue weighted by Crippen LogP contribution is 2.27. The summed E-state index contributed by atoms with van der Waals surface area (Å²) < 4.78 is 0. The van der Waals surface area contributed by atoms with Crippen LogP contribution in [0.4, 0.5) is 0 Å². The van der Waals surface area contributed by atoms with Gasteiger partial charge in [0, 0.05) is 12.0 Å². The van der Waals surface area contributed by atoms with Gasteiger partial charge < -0.3 is 10.6 Å². The molecule has 0 aromatic heterocycles. The number of nitrogens with one attached hydrogen (secondary N) is 2. The van der Waals surface area contributed by atoms with Gasteiger partial charge in [-0.05, 0) is 45.2 Å². The molecule has 0 unspecified atom stereocenters. The van der Waals surface area contributed by atoms with Crippen molar-refractivity contribution in [2.45, 2.75) is 70.3 Å². The Morgan fingerprint density at radius 2 is 1.84 bits per heavy atom. The molecule has 1 saturated heterocycles. The second-order valence-electron chi connectivity index (χ2n) is 6.40. The molecule has 2 rings (SSSR count). The van der Waals surface area contributed by atoms with Crippen molar-refractivity contribution in [2.24, 2.45) is 5.92 Å². The summed E-state index contributed by atoms with van der Waals surface area (Å²) in [5.74, 6) is 1.08. The lowest BCUT2D eigenvalue weighted by atomic mass is 9.85. The second-order valence-corrected chi connectivity index (χ2v) is 6.40. The predicted octanol–water partition coefficient (Wildman–Crippen LogP) is 3.03. The Labute approximate surface area is 123 Å². The molecule has 1 heterocycles. The molecule has 0 aromatic rings. The molecular weight excluding hydrogens is 260 g/mol. The third-order valence-electron chi connectivity index (χ3n) is 4.65. The maximum absolute atomic E-state index is 12.0. The maximum atomic E-state index is 12.0. The molecule has 2 N–H and O–H groups in total. The molecule has 2 aliphatic rings. The Morgan fingerprint density at radius 1 is 1.21 bits per heavy atom. The fourth-order valence-electron chi connectivity index (χ4n) is 3.31. The Morgan fingerprint density at radius 3 is 2.47 bits per heavy atom. The molecule has 2 fully saturated rings. The third kappa shape index (κ3) is 5.70. The minimum absolute atomic E-state index is 0. The van der Waals surface area contributed by atoms with Gasteiger partial charge in [0.15, 0.2) is 0 Å².